The Morgan fingerprint density at radius 3 is 2.34 bits per heavy atom. The average Bonchev–Trinajstić information content (AvgIpc) is 2.62. The third kappa shape index (κ3) is 4.98. The van der Waals surface area contributed by atoms with Gasteiger partial charge in [-0.15, -0.1) is 0 Å². The van der Waals surface area contributed by atoms with Crippen LogP contribution in [0.15, 0.2) is 0 Å². The van der Waals surface area contributed by atoms with Gasteiger partial charge in [-0.3, -0.25) is 9.59 Å². The summed E-state index contributed by atoms with van der Waals surface area (Å²) in [7, 11) is 0. The van der Waals surface area contributed by atoms with Crippen molar-refractivity contribution >= 4 is 11.9 Å². The van der Waals surface area contributed by atoms with Crippen molar-refractivity contribution < 1.29 is 24.2 Å². The first-order chi connectivity index (χ1) is 13.6. The molecule has 168 valence electrons. The fourth-order valence-corrected chi connectivity index (χ4v) is 6.40. The molecule has 2 fully saturated rings. The number of carbonyl (C=O) groups excluding carboxylic acids is 2. The molecule has 0 aromatic carbocycles. The molecule has 0 spiro atoms. The zero-order valence-corrected chi connectivity index (χ0v) is 19.3. The Balaban J connectivity index is 2.39. The Hall–Kier alpha value is -1.10. The summed E-state index contributed by atoms with van der Waals surface area (Å²) >= 11 is 0. The van der Waals surface area contributed by atoms with Gasteiger partial charge in [0, 0.05) is 25.2 Å². The molecule has 0 bridgehead atoms. The summed E-state index contributed by atoms with van der Waals surface area (Å²) in [6.07, 6.45) is 7.47. The summed E-state index contributed by atoms with van der Waals surface area (Å²) in [4.78, 5) is 23.3. The first-order valence-corrected chi connectivity index (χ1v) is 11.6. The van der Waals surface area contributed by atoms with E-state index in [0.29, 0.717) is 18.8 Å². The summed E-state index contributed by atoms with van der Waals surface area (Å²) in [6, 6.07) is 0. The second kappa shape index (κ2) is 9.80. The standard InChI is InChI=1S/C24H42O5/c1-7-9-11-20-19(21(10-8-2)29-17(4)26)14-22(27)24(6)15-18(28-16(3)25)12-13-23(20,24)5/h18-22,27H,7-15H2,1-6H3/t18?,19?,20?,21?,22?,23?,24-/m1/s1. The number of hydrogen-bond acceptors (Lipinski definition) is 5. The van der Waals surface area contributed by atoms with Crippen LogP contribution in [0.25, 0.3) is 0 Å². The predicted octanol–water partition coefficient (Wildman–Crippen LogP) is 5.03. The van der Waals surface area contributed by atoms with E-state index >= 15 is 0 Å². The maximum Gasteiger partial charge on any atom is 0.302 e. The molecule has 29 heavy (non-hydrogen) atoms. The van der Waals surface area contributed by atoms with Gasteiger partial charge in [0.1, 0.15) is 12.2 Å². The summed E-state index contributed by atoms with van der Waals surface area (Å²) < 4.78 is 11.4. The molecule has 0 heterocycles. The number of rotatable bonds is 8. The van der Waals surface area contributed by atoms with Crippen molar-refractivity contribution in [2.75, 3.05) is 0 Å². The summed E-state index contributed by atoms with van der Waals surface area (Å²) in [5.74, 6) is 0.0730. The SMILES string of the molecule is CCCCC1C(C(CCC)OC(C)=O)CC(O)[C@@]2(C)CC(OC(C)=O)CCC12C. The van der Waals surface area contributed by atoms with E-state index in [1.807, 2.05) is 0 Å². The van der Waals surface area contributed by atoms with Crippen LogP contribution >= 0.6 is 0 Å². The largest absolute Gasteiger partial charge is 0.463 e. The van der Waals surface area contributed by atoms with Crippen molar-refractivity contribution in [1.82, 2.24) is 0 Å². The smallest absolute Gasteiger partial charge is 0.302 e. The number of aliphatic hydroxyl groups is 1. The lowest BCUT2D eigenvalue weighted by molar-refractivity contribution is -0.216. The highest BCUT2D eigenvalue weighted by Gasteiger charge is 2.62. The third-order valence-electron chi connectivity index (χ3n) is 8.08. The van der Waals surface area contributed by atoms with Gasteiger partial charge in [0.15, 0.2) is 0 Å². The van der Waals surface area contributed by atoms with Gasteiger partial charge >= 0.3 is 11.9 Å². The average molecular weight is 411 g/mol. The van der Waals surface area contributed by atoms with Crippen LogP contribution in [-0.2, 0) is 19.1 Å². The molecule has 7 atom stereocenters. The van der Waals surface area contributed by atoms with Gasteiger partial charge in [0.05, 0.1) is 6.10 Å². The third-order valence-corrected chi connectivity index (χ3v) is 8.08. The van der Waals surface area contributed by atoms with Gasteiger partial charge in [-0.2, -0.15) is 0 Å². The maximum absolute atomic E-state index is 11.8. The van der Waals surface area contributed by atoms with Crippen LogP contribution in [0.3, 0.4) is 0 Å². The van der Waals surface area contributed by atoms with Crippen molar-refractivity contribution in [3.63, 3.8) is 0 Å². The Bertz CT molecular complexity index is 576. The van der Waals surface area contributed by atoms with Crippen LogP contribution in [0.1, 0.15) is 99.3 Å². The maximum atomic E-state index is 11.8. The molecule has 2 saturated carbocycles. The van der Waals surface area contributed by atoms with E-state index < -0.39 is 6.10 Å². The first-order valence-electron chi connectivity index (χ1n) is 11.6. The van der Waals surface area contributed by atoms with Gasteiger partial charge in [-0.1, -0.05) is 47.0 Å². The highest BCUT2D eigenvalue weighted by molar-refractivity contribution is 5.66. The zero-order valence-electron chi connectivity index (χ0n) is 19.3. The Morgan fingerprint density at radius 1 is 1.10 bits per heavy atom. The van der Waals surface area contributed by atoms with Crippen LogP contribution < -0.4 is 0 Å². The van der Waals surface area contributed by atoms with Crippen LogP contribution in [-0.4, -0.2) is 35.4 Å². The summed E-state index contributed by atoms with van der Waals surface area (Å²) in [5, 5.41) is 11.4. The van der Waals surface area contributed by atoms with E-state index in [-0.39, 0.29) is 40.9 Å². The molecular weight excluding hydrogens is 368 g/mol. The molecule has 0 saturated heterocycles. The molecule has 2 aliphatic carbocycles. The number of esters is 2. The van der Waals surface area contributed by atoms with E-state index in [1.165, 1.54) is 13.8 Å². The van der Waals surface area contributed by atoms with E-state index in [2.05, 4.69) is 27.7 Å². The second-order valence-corrected chi connectivity index (χ2v) is 9.91. The molecule has 5 nitrogen and oxygen atoms in total. The van der Waals surface area contributed by atoms with Crippen molar-refractivity contribution in [3.8, 4) is 0 Å². The van der Waals surface area contributed by atoms with Crippen molar-refractivity contribution in [1.29, 1.82) is 0 Å². The number of hydrogen-bond donors (Lipinski definition) is 1. The minimum Gasteiger partial charge on any atom is -0.463 e. The molecule has 2 rings (SSSR count). The van der Waals surface area contributed by atoms with Gasteiger partial charge in [0.25, 0.3) is 0 Å². The molecule has 1 N–H and O–H groups in total. The molecule has 5 heteroatoms. The number of carbonyl (C=O) groups is 2. The molecule has 2 aliphatic rings. The molecule has 0 aromatic rings. The van der Waals surface area contributed by atoms with Crippen LogP contribution in [0.2, 0.25) is 0 Å². The van der Waals surface area contributed by atoms with Gasteiger partial charge in [0.2, 0.25) is 0 Å². The molecular formula is C24H42O5. The number of fused-ring (bicyclic) bond motifs is 1. The van der Waals surface area contributed by atoms with E-state index in [9.17, 15) is 14.7 Å². The zero-order chi connectivity index (χ0) is 21.8. The number of aliphatic hydroxyl groups excluding tert-OH is 1. The summed E-state index contributed by atoms with van der Waals surface area (Å²) in [5.41, 5.74) is -0.388. The molecule has 6 unspecified atom stereocenters. The monoisotopic (exact) mass is 410 g/mol. The lowest BCUT2D eigenvalue weighted by Crippen LogP contribution is -2.62. The van der Waals surface area contributed by atoms with Crippen molar-refractivity contribution in [2.45, 2.75) is 118 Å². The predicted molar refractivity (Wildman–Crippen MR) is 113 cm³/mol. The lowest BCUT2D eigenvalue weighted by atomic mass is 9.43. The topological polar surface area (TPSA) is 72.8 Å². The molecule has 0 aliphatic heterocycles. The summed E-state index contributed by atoms with van der Waals surface area (Å²) in [6.45, 7) is 11.8. The quantitative estimate of drug-likeness (QED) is 0.568. The number of ether oxygens (including phenoxy) is 2. The fourth-order valence-electron chi connectivity index (χ4n) is 6.40. The molecule has 0 amide bonds. The Morgan fingerprint density at radius 2 is 1.79 bits per heavy atom. The second-order valence-electron chi connectivity index (χ2n) is 9.91. The van der Waals surface area contributed by atoms with Crippen LogP contribution in [0, 0.1) is 22.7 Å². The molecule has 0 aromatic heterocycles. The Kier molecular flexibility index (Phi) is 8.17. The highest BCUT2D eigenvalue weighted by Crippen LogP contribution is 2.64. The Labute approximate surface area is 176 Å². The van der Waals surface area contributed by atoms with E-state index in [1.54, 1.807) is 0 Å². The highest BCUT2D eigenvalue weighted by atomic mass is 16.5. The fraction of sp³-hybridized carbons (Fsp3) is 0.917. The lowest BCUT2D eigenvalue weighted by Gasteiger charge is -2.63. The van der Waals surface area contributed by atoms with Gasteiger partial charge in [-0.05, 0) is 49.9 Å². The van der Waals surface area contributed by atoms with Crippen molar-refractivity contribution in [2.24, 2.45) is 22.7 Å². The van der Waals surface area contributed by atoms with Crippen molar-refractivity contribution in [3.05, 3.63) is 0 Å². The van der Waals surface area contributed by atoms with Crippen LogP contribution in [0.4, 0.5) is 0 Å². The first kappa shape index (κ1) is 24.2. The van der Waals surface area contributed by atoms with E-state index in [0.717, 1.165) is 44.9 Å². The van der Waals surface area contributed by atoms with Crippen LogP contribution in [0.5, 0.6) is 0 Å². The number of unbranched alkanes of at least 4 members (excludes halogenated alkanes) is 1. The van der Waals surface area contributed by atoms with Gasteiger partial charge in [-0.25, -0.2) is 0 Å². The minimum absolute atomic E-state index is 0.0761. The minimum atomic E-state index is -0.497. The normalized spacial score (nSPS) is 38.0. The van der Waals surface area contributed by atoms with Gasteiger partial charge < -0.3 is 14.6 Å². The van der Waals surface area contributed by atoms with E-state index in [4.69, 9.17) is 9.47 Å². The molecule has 0 radical (unpaired) electrons.